The van der Waals surface area contributed by atoms with E-state index in [1.807, 2.05) is 0 Å². The molecule has 0 saturated heterocycles. The van der Waals surface area contributed by atoms with E-state index >= 15 is 0 Å². The topological polar surface area (TPSA) is 255 Å². The molecule has 0 spiro atoms. The minimum absolute atomic E-state index is 0.00551. The number of hydrogen-bond donors (Lipinski definition) is 10. The lowest BCUT2D eigenvalue weighted by Crippen LogP contribution is -2.43. The molecular formula is C18H32N2O12S4. The highest BCUT2D eigenvalue weighted by atomic mass is 32.2. The lowest BCUT2D eigenvalue weighted by Gasteiger charge is -2.33. The highest BCUT2D eigenvalue weighted by Crippen LogP contribution is 2.34. The van der Waals surface area contributed by atoms with E-state index in [2.05, 4.69) is 35.2 Å². The van der Waals surface area contributed by atoms with Gasteiger partial charge in [0.2, 0.25) is 0 Å². The molecule has 14 nitrogen and oxygen atoms in total. The molecule has 0 bridgehead atoms. The van der Waals surface area contributed by atoms with Crippen molar-refractivity contribution in [1.82, 2.24) is 0 Å². The predicted octanol–water partition coefficient (Wildman–Crippen LogP) is -0.979. The zero-order chi connectivity index (χ0) is 28.5. The van der Waals surface area contributed by atoms with E-state index in [1.54, 1.807) is 13.8 Å². The zero-order valence-electron chi connectivity index (χ0n) is 19.4. The number of nitrogens with zero attached hydrogens (tertiary/aromatic N) is 2. The van der Waals surface area contributed by atoms with Crippen molar-refractivity contribution < 1.29 is 56.6 Å². The number of aliphatic hydroxyl groups is 6. The molecule has 0 amide bonds. The summed E-state index contributed by atoms with van der Waals surface area (Å²) in [6.45, 7) is 2.20. The smallest absolute Gasteiger partial charge is 0.265 e. The molecule has 0 fully saturated rings. The predicted molar refractivity (Wildman–Crippen MR) is 139 cm³/mol. The molecule has 0 aromatic heterocycles. The molecule has 8 N–H and O–H groups in total. The van der Waals surface area contributed by atoms with Crippen LogP contribution >= 0.6 is 25.3 Å². The minimum atomic E-state index is -4.30. The summed E-state index contributed by atoms with van der Waals surface area (Å²) in [5.74, 6) is -3.14. The normalized spacial score (nSPS) is 28.3. The Hall–Kier alpha value is -1.22. The van der Waals surface area contributed by atoms with Gasteiger partial charge < -0.3 is 30.6 Å². The van der Waals surface area contributed by atoms with Crippen LogP contribution < -0.4 is 0 Å². The van der Waals surface area contributed by atoms with E-state index in [4.69, 9.17) is 29.5 Å². The molecule has 0 radical (unpaired) electrons. The van der Waals surface area contributed by atoms with Crippen LogP contribution in [0.3, 0.4) is 0 Å². The first-order chi connectivity index (χ1) is 16.3. The van der Waals surface area contributed by atoms with Crippen LogP contribution in [0, 0.1) is 11.8 Å². The van der Waals surface area contributed by atoms with Gasteiger partial charge in [-0.3, -0.25) is 19.1 Å². The molecule has 2 aliphatic heterocycles. The fourth-order valence-electron chi connectivity index (χ4n) is 2.71. The monoisotopic (exact) mass is 596 g/mol. The van der Waals surface area contributed by atoms with Gasteiger partial charge in [-0.25, -0.2) is 0 Å². The van der Waals surface area contributed by atoms with E-state index in [0.717, 1.165) is 0 Å². The molecule has 4 unspecified atom stereocenters. The Balaban J connectivity index is 0.000000517. The van der Waals surface area contributed by atoms with Gasteiger partial charge in [-0.1, -0.05) is 0 Å². The van der Waals surface area contributed by atoms with E-state index < -0.39 is 53.1 Å². The Morgan fingerprint density at radius 2 is 1.03 bits per heavy atom. The summed E-state index contributed by atoms with van der Waals surface area (Å²) in [6, 6.07) is 0. The van der Waals surface area contributed by atoms with Gasteiger partial charge in [-0.2, -0.15) is 42.1 Å². The quantitative estimate of drug-likeness (QED) is 0.126. The molecule has 2 rings (SSSR count). The van der Waals surface area contributed by atoms with Gasteiger partial charge >= 0.3 is 0 Å². The van der Waals surface area contributed by atoms with Gasteiger partial charge in [0, 0.05) is 12.4 Å². The Kier molecular flexibility index (Phi) is 13.6. The van der Waals surface area contributed by atoms with Gasteiger partial charge in [0.05, 0.1) is 70.7 Å². The van der Waals surface area contributed by atoms with E-state index in [1.165, 1.54) is 12.4 Å². The average Bonchev–Trinajstić information content (AvgIpc) is 2.79. The maximum Gasteiger partial charge on any atom is 0.265 e. The number of aliphatic hydroxyl groups excluding tert-OH is 6. The maximum atomic E-state index is 9.86. The van der Waals surface area contributed by atoms with Crippen LogP contribution in [0.1, 0.15) is 13.8 Å². The van der Waals surface area contributed by atoms with Crippen molar-refractivity contribution in [3.8, 4) is 0 Å². The summed E-state index contributed by atoms with van der Waals surface area (Å²) >= 11 is 8.34. The fraction of sp³-hybridized carbons (Fsp3) is 0.667. The third-order valence-electron chi connectivity index (χ3n) is 5.04. The summed E-state index contributed by atoms with van der Waals surface area (Å²) in [5.41, 5.74) is 0.911. The third kappa shape index (κ3) is 10.6. The van der Waals surface area contributed by atoms with Crippen molar-refractivity contribution in [1.29, 1.82) is 0 Å². The van der Waals surface area contributed by atoms with Crippen molar-refractivity contribution >= 4 is 57.9 Å². The van der Waals surface area contributed by atoms with E-state index in [9.17, 15) is 27.0 Å². The molecule has 36 heavy (non-hydrogen) atoms. The Morgan fingerprint density at radius 1 is 0.750 bits per heavy atom. The number of rotatable bonds is 7. The molecule has 210 valence electrons. The van der Waals surface area contributed by atoms with Gasteiger partial charge in [-0.05, 0) is 13.8 Å². The molecule has 0 aliphatic carbocycles. The lowest BCUT2D eigenvalue weighted by atomic mass is 9.89. The summed E-state index contributed by atoms with van der Waals surface area (Å²) in [6.07, 6.45) is 2.90. The van der Waals surface area contributed by atoms with Crippen molar-refractivity contribution in [2.75, 3.05) is 37.9 Å². The van der Waals surface area contributed by atoms with Crippen LogP contribution in [-0.4, -0.2) is 116 Å². The summed E-state index contributed by atoms with van der Waals surface area (Å²) in [4.78, 5) is 7.78. The second-order valence-corrected chi connectivity index (χ2v) is 12.6. The van der Waals surface area contributed by atoms with Crippen LogP contribution in [0.25, 0.3) is 0 Å². The fourth-order valence-corrected chi connectivity index (χ4v) is 4.92. The highest BCUT2D eigenvalue weighted by Gasteiger charge is 2.40. The second-order valence-electron chi connectivity index (χ2n) is 7.80. The Bertz CT molecular complexity index is 1000. The largest absolute Gasteiger partial charge is 0.510 e. The zero-order valence-corrected chi connectivity index (χ0v) is 22.8. The van der Waals surface area contributed by atoms with Crippen LogP contribution in [0.15, 0.2) is 32.9 Å². The Labute approximate surface area is 220 Å². The second kappa shape index (κ2) is 14.1. The Morgan fingerprint density at radius 3 is 1.22 bits per heavy atom. The number of hydrogen-bond acceptors (Lipinski definition) is 14. The van der Waals surface area contributed by atoms with Crippen molar-refractivity contribution in [3.63, 3.8) is 0 Å². The van der Waals surface area contributed by atoms with Crippen molar-refractivity contribution in [3.05, 3.63) is 22.9 Å². The number of thiol groups is 2. The van der Waals surface area contributed by atoms with Gasteiger partial charge in [0.1, 0.15) is 11.5 Å². The molecular weight excluding hydrogens is 564 g/mol. The molecule has 0 saturated carbocycles. The molecule has 0 aromatic rings. The molecule has 2 heterocycles. The van der Waals surface area contributed by atoms with Crippen LogP contribution in [-0.2, 0) is 20.2 Å². The molecule has 18 heteroatoms. The first-order valence-electron chi connectivity index (χ1n) is 9.99. The van der Waals surface area contributed by atoms with Gasteiger partial charge in [0.15, 0.2) is 0 Å². The summed E-state index contributed by atoms with van der Waals surface area (Å²) in [7, 11) is -8.59. The van der Waals surface area contributed by atoms with E-state index in [0.29, 0.717) is 11.4 Å². The number of aliphatic imine (C=N–C) groups is 2. The van der Waals surface area contributed by atoms with Crippen molar-refractivity contribution in [2.45, 2.75) is 23.3 Å². The van der Waals surface area contributed by atoms with Crippen LogP contribution in [0.5, 0.6) is 0 Å². The van der Waals surface area contributed by atoms with Crippen LogP contribution in [0.4, 0.5) is 0 Å². The first-order valence-corrected chi connectivity index (χ1v) is 14.1. The standard InChI is InChI=1S/2C8H13NO3S.C2H6O6S2/c2*1-5-7(12)6(2-10)8(13,4-11)3-9-5;3-9(4,5)1-2-10(6,7)8/h2*3,6,10-13H,2,4H2,1H3;1-2H2,(H,3,4,5)(H,6,7,8). The molecule has 2 aliphatic rings. The first kappa shape index (κ1) is 34.8. The number of allylic oxidation sites excluding steroid dienone is 2. The van der Waals surface area contributed by atoms with Gasteiger partial charge in [0.25, 0.3) is 20.2 Å². The SMILES string of the molecule is CC1=C(O)C(CO)C(S)(CO)C=N1.CC1=C(O)C(CO)C(S)(CO)C=N1.O=S(=O)(O)CCS(=O)(=O)O. The third-order valence-corrected chi connectivity index (χ3v) is 7.88. The summed E-state index contributed by atoms with van der Waals surface area (Å²) in [5, 5.41) is 55.2. The highest BCUT2D eigenvalue weighted by molar-refractivity contribution is 7.89. The molecule has 0 aromatic carbocycles. The lowest BCUT2D eigenvalue weighted by molar-refractivity contribution is 0.154. The maximum absolute atomic E-state index is 9.86. The summed E-state index contributed by atoms with van der Waals surface area (Å²) < 4.78 is 53.5. The van der Waals surface area contributed by atoms with Crippen molar-refractivity contribution in [2.24, 2.45) is 21.8 Å². The minimum Gasteiger partial charge on any atom is -0.510 e. The molecule has 4 atom stereocenters. The average molecular weight is 597 g/mol. The van der Waals surface area contributed by atoms with Crippen LogP contribution in [0.2, 0.25) is 0 Å². The van der Waals surface area contributed by atoms with Gasteiger partial charge in [-0.15, -0.1) is 0 Å². The van der Waals surface area contributed by atoms with E-state index in [-0.39, 0.29) is 37.9 Å².